The number of aliphatic hydroxyl groups is 8. The van der Waals surface area contributed by atoms with Gasteiger partial charge in [-0.25, -0.2) is 0 Å². The molecule has 22 heavy (non-hydrogen) atoms. The molecule has 0 unspecified atom stereocenters. The van der Waals surface area contributed by atoms with Crippen molar-refractivity contribution in [1.29, 1.82) is 0 Å². The molecule has 10 nitrogen and oxygen atoms in total. The van der Waals surface area contributed by atoms with E-state index in [0.29, 0.717) is 0 Å². The number of hydrogen-bond acceptors (Lipinski definition) is 10. The van der Waals surface area contributed by atoms with Gasteiger partial charge in [0.1, 0.15) is 36.6 Å². The fourth-order valence-electron chi connectivity index (χ4n) is 3.06. The molecule has 0 radical (unpaired) electrons. The zero-order chi connectivity index (χ0) is 16.7. The zero-order valence-electron chi connectivity index (χ0n) is 11.7. The van der Waals surface area contributed by atoms with Crippen LogP contribution in [0.3, 0.4) is 0 Å². The molecule has 130 valence electrons. The predicted molar refractivity (Wildman–Crippen MR) is 67.6 cm³/mol. The van der Waals surface area contributed by atoms with Crippen molar-refractivity contribution in [2.45, 2.75) is 47.8 Å². The van der Waals surface area contributed by atoms with Gasteiger partial charge in [0.05, 0.1) is 26.4 Å². The van der Waals surface area contributed by atoms with E-state index in [1.165, 1.54) is 0 Å². The van der Waals surface area contributed by atoms with Crippen LogP contribution in [-0.2, 0) is 9.47 Å². The molecule has 8 atom stereocenters. The molecule has 2 aliphatic rings. The van der Waals surface area contributed by atoms with Crippen LogP contribution >= 0.6 is 0 Å². The molecule has 2 fully saturated rings. The molecule has 2 saturated heterocycles. The van der Waals surface area contributed by atoms with Gasteiger partial charge < -0.3 is 50.3 Å². The van der Waals surface area contributed by atoms with Crippen LogP contribution in [0.25, 0.3) is 0 Å². The van der Waals surface area contributed by atoms with Crippen LogP contribution in [0.15, 0.2) is 0 Å². The second-order valence-electron chi connectivity index (χ2n) is 5.73. The molecule has 0 aliphatic carbocycles. The number of ether oxygens (including phenoxy) is 2. The summed E-state index contributed by atoms with van der Waals surface area (Å²) in [5.74, 6) is 0. The lowest BCUT2D eigenvalue weighted by molar-refractivity contribution is -0.359. The molecule has 2 aliphatic heterocycles. The molecule has 0 aromatic rings. The van der Waals surface area contributed by atoms with Gasteiger partial charge in [-0.15, -0.1) is 0 Å². The lowest BCUT2D eigenvalue weighted by Gasteiger charge is -2.56. The summed E-state index contributed by atoms with van der Waals surface area (Å²) in [6.07, 6.45) is -10.1. The highest BCUT2D eigenvalue weighted by atomic mass is 16.6. The molecular formula is C12H22O10. The molecule has 8 N–H and O–H groups in total. The third kappa shape index (κ3) is 2.36. The molecule has 2 rings (SSSR count). The Balaban J connectivity index is 2.40. The van der Waals surface area contributed by atoms with E-state index in [0.717, 1.165) is 0 Å². The van der Waals surface area contributed by atoms with Crippen molar-refractivity contribution in [3.05, 3.63) is 0 Å². The van der Waals surface area contributed by atoms with Gasteiger partial charge in [0.15, 0.2) is 11.2 Å². The molecule has 10 heteroatoms. The first-order chi connectivity index (χ1) is 10.2. The molecule has 0 amide bonds. The van der Waals surface area contributed by atoms with E-state index < -0.39 is 74.3 Å². The Morgan fingerprint density at radius 3 is 2.09 bits per heavy atom. The van der Waals surface area contributed by atoms with Crippen LogP contribution in [0.1, 0.15) is 0 Å². The quantitative estimate of drug-likeness (QED) is 0.249. The van der Waals surface area contributed by atoms with Crippen LogP contribution in [0.5, 0.6) is 0 Å². The Morgan fingerprint density at radius 1 is 0.909 bits per heavy atom. The zero-order valence-corrected chi connectivity index (χ0v) is 11.7. The van der Waals surface area contributed by atoms with E-state index >= 15 is 0 Å². The normalized spacial score (nSPS) is 53.5. The minimum atomic E-state index is -2.71. The Morgan fingerprint density at radius 2 is 1.55 bits per heavy atom. The second-order valence-corrected chi connectivity index (χ2v) is 5.73. The van der Waals surface area contributed by atoms with Gasteiger partial charge >= 0.3 is 0 Å². The minimum absolute atomic E-state index is 0.399. The average molecular weight is 326 g/mol. The third-order valence-electron chi connectivity index (χ3n) is 4.52. The van der Waals surface area contributed by atoms with Crippen molar-refractivity contribution in [3.63, 3.8) is 0 Å². The van der Waals surface area contributed by atoms with E-state index in [1.54, 1.807) is 0 Å². The van der Waals surface area contributed by atoms with Crippen LogP contribution in [0, 0.1) is 0 Å². The minimum Gasteiger partial charge on any atom is -0.394 e. The van der Waals surface area contributed by atoms with Crippen molar-refractivity contribution in [3.8, 4) is 0 Å². The summed E-state index contributed by atoms with van der Waals surface area (Å²) in [4.78, 5) is 0. The largest absolute Gasteiger partial charge is 0.394 e. The monoisotopic (exact) mass is 326 g/mol. The molecule has 0 bridgehead atoms. The van der Waals surface area contributed by atoms with E-state index in [4.69, 9.17) is 14.6 Å². The summed E-state index contributed by atoms with van der Waals surface area (Å²) < 4.78 is 10.0. The van der Waals surface area contributed by atoms with Gasteiger partial charge in [-0.2, -0.15) is 0 Å². The fourth-order valence-corrected chi connectivity index (χ4v) is 3.06. The maximum atomic E-state index is 10.7. The van der Waals surface area contributed by atoms with Gasteiger partial charge in [0.2, 0.25) is 0 Å². The summed E-state index contributed by atoms with van der Waals surface area (Å²) in [6.45, 7) is -2.63. The third-order valence-corrected chi connectivity index (χ3v) is 4.52. The Labute approximate surface area is 125 Å². The Kier molecular flexibility index (Phi) is 5.09. The molecular weight excluding hydrogens is 304 g/mol. The van der Waals surface area contributed by atoms with Crippen LogP contribution in [-0.4, -0.2) is 115 Å². The molecule has 0 aromatic carbocycles. The van der Waals surface area contributed by atoms with Crippen molar-refractivity contribution in [1.82, 2.24) is 0 Å². The van der Waals surface area contributed by atoms with Gasteiger partial charge in [-0.1, -0.05) is 0 Å². The Bertz CT molecular complexity index is 390. The van der Waals surface area contributed by atoms with Gasteiger partial charge in [-0.3, -0.25) is 0 Å². The Hall–Kier alpha value is -0.400. The maximum Gasteiger partial charge on any atom is 0.155 e. The van der Waals surface area contributed by atoms with Crippen molar-refractivity contribution < 1.29 is 50.3 Å². The van der Waals surface area contributed by atoms with Crippen molar-refractivity contribution in [2.24, 2.45) is 0 Å². The first kappa shape index (κ1) is 17.9. The summed E-state index contributed by atoms with van der Waals surface area (Å²) in [5, 5.41) is 79.5. The lowest BCUT2D eigenvalue weighted by atomic mass is 9.67. The summed E-state index contributed by atoms with van der Waals surface area (Å²) in [6, 6.07) is 0. The number of rotatable bonds is 3. The predicted octanol–water partition coefficient (Wildman–Crippen LogP) is -5.33. The van der Waals surface area contributed by atoms with Crippen LogP contribution in [0.4, 0.5) is 0 Å². The van der Waals surface area contributed by atoms with Crippen molar-refractivity contribution in [2.75, 3.05) is 26.4 Å². The first-order valence-corrected chi connectivity index (χ1v) is 6.86. The van der Waals surface area contributed by atoms with E-state index in [2.05, 4.69) is 0 Å². The maximum absolute atomic E-state index is 10.7. The van der Waals surface area contributed by atoms with E-state index in [-0.39, 0.29) is 0 Å². The van der Waals surface area contributed by atoms with E-state index in [1.807, 2.05) is 0 Å². The highest BCUT2D eigenvalue weighted by Crippen LogP contribution is 2.41. The van der Waals surface area contributed by atoms with Gasteiger partial charge in [-0.05, 0) is 0 Å². The molecule has 2 heterocycles. The van der Waals surface area contributed by atoms with Gasteiger partial charge in [0.25, 0.3) is 0 Å². The van der Waals surface area contributed by atoms with Crippen molar-refractivity contribution >= 4 is 0 Å². The van der Waals surface area contributed by atoms with Crippen LogP contribution < -0.4 is 0 Å². The summed E-state index contributed by atoms with van der Waals surface area (Å²) in [5.41, 5.74) is -5.35. The number of aliphatic hydroxyl groups excluding tert-OH is 6. The highest BCUT2D eigenvalue weighted by molar-refractivity contribution is 5.18. The number of hydrogen-bond donors (Lipinski definition) is 8. The second kappa shape index (κ2) is 6.24. The molecule has 0 aromatic heterocycles. The average Bonchev–Trinajstić information content (AvgIpc) is 2.50. The van der Waals surface area contributed by atoms with Gasteiger partial charge in [0, 0.05) is 0 Å². The fraction of sp³-hybridized carbons (Fsp3) is 1.00. The van der Waals surface area contributed by atoms with E-state index in [9.17, 15) is 35.7 Å². The van der Waals surface area contributed by atoms with Crippen LogP contribution in [0.2, 0.25) is 0 Å². The molecule has 0 saturated carbocycles. The molecule has 0 spiro atoms. The SMILES string of the molecule is OC[C@H]1OC[C@@](O)([C@@]2(O)[C@H](O)[C@@H](O)CO[C@@H]2CO)[C@@H](O)[C@@H]1O. The summed E-state index contributed by atoms with van der Waals surface area (Å²) >= 11 is 0. The topological polar surface area (TPSA) is 180 Å². The standard InChI is InChI=1S/C12H22O10/c13-1-6-8(16)10(18)11(19,4-22-6)12(20)7(2-14)21-3-5(15)9(12)17/h5-10,13-20H,1-4H2/t5-,6+,7+,8+,9+,10-,11-,12-/m0/s1. The highest BCUT2D eigenvalue weighted by Gasteiger charge is 2.68. The lowest BCUT2D eigenvalue weighted by Crippen LogP contribution is -2.81. The first-order valence-electron chi connectivity index (χ1n) is 6.86. The summed E-state index contributed by atoms with van der Waals surface area (Å²) in [7, 11) is 0. The smallest absolute Gasteiger partial charge is 0.155 e.